The predicted molar refractivity (Wildman–Crippen MR) is 74.9 cm³/mol. The molecule has 4 amide bonds. The van der Waals surface area contributed by atoms with E-state index in [1.54, 1.807) is 6.08 Å². The van der Waals surface area contributed by atoms with Crippen molar-refractivity contribution in [2.24, 2.45) is 0 Å². The second-order valence-electron chi connectivity index (χ2n) is 4.95. The van der Waals surface area contributed by atoms with E-state index in [0.29, 0.717) is 0 Å². The van der Waals surface area contributed by atoms with Crippen LogP contribution in [0.1, 0.15) is 30.6 Å². The Morgan fingerprint density at radius 1 is 1.25 bits per heavy atom. The summed E-state index contributed by atoms with van der Waals surface area (Å²) in [6, 6.07) is 3.01. The zero-order chi connectivity index (χ0) is 14.1. The Morgan fingerprint density at radius 2 is 2.00 bits per heavy atom. The number of hydrogen-bond donors (Lipinski definition) is 1. The maximum absolute atomic E-state index is 12.4. The summed E-state index contributed by atoms with van der Waals surface area (Å²) >= 11 is 1.44. The second-order valence-corrected chi connectivity index (χ2v) is 5.93. The molecule has 0 aromatic carbocycles. The first-order chi connectivity index (χ1) is 9.66. The maximum atomic E-state index is 12.4. The van der Waals surface area contributed by atoms with Gasteiger partial charge >= 0.3 is 6.03 Å². The van der Waals surface area contributed by atoms with Crippen LogP contribution in [0.4, 0.5) is 4.79 Å². The van der Waals surface area contributed by atoms with Crippen LogP contribution in [0.2, 0.25) is 0 Å². The largest absolute Gasteiger partial charge is 0.331 e. The summed E-state index contributed by atoms with van der Waals surface area (Å²) in [7, 11) is 0. The Balaban J connectivity index is 1.92. The van der Waals surface area contributed by atoms with Crippen LogP contribution in [0.25, 0.3) is 6.08 Å². The molecule has 1 aromatic rings. The van der Waals surface area contributed by atoms with Crippen molar-refractivity contribution in [2.75, 3.05) is 0 Å². The van der Waals surface area contributed by atoms with Crippen molar-refractivity contribution in [3.8, 4) is 0 Å². The van der Waals surface area contributed by atoms with Crippen LogP contribution < -0.4 is 5.32 Å². The van der Waals surface area contributed by atoms with E-state index in [9.17, 15) is 14.4 Å². The van der Waals surface area contributed by atoms with Gasteiger partial charge in [0, 0.05) is 10.9 Å². The third-order valence-corrected chi connectivity index (χ3v) is 4.47. The van der Waals surface area contributed by atoms with Gasteiger partial charge in [-0.15, -0.1) is 11.3 Å². The number of carbonyl (C=O) groups is 3. The molecule has 1 aliphatic carbocycles. The maximum Gasteiger partial charge on any atom is 0.331 e. The number of thiophene rings is 1. The van der Waals surface area contributed by atoms with Crippen LogP contribution in [0, 0.1) is 0 Å². The van der Waals surface area contributed by atoms with E-state index in [0.717, 1.165) is 30.6 Å². The quantitative estimate of drug-likeness (QED) is 0.670. The monoisotopic (exact) mass is 290 g/mol. The van der Waals surface area contributed by atoms with E-state index in [4.69, 9.17) is 0 Å². The molecule has 2 heterocycles. The lowest BCUT2D eigenvalue weighted by molar-refractivity contribution is -0.131. The summed E-state index contributed by atoms with van der Waals surface area (Å²) in [4.78, 5) is 38.2. The number of hydrogen-bond acceptors (Lipinski definition) is 4. The van der Waals surface area contributed by atoms with E-state index in [2.05, 4.69) is 5.32 Å². The first-order valence-corrected chi connectivity index (χ1v) is 7.49. The van der Waals surface area contributed by atoms with Gasteiger partial charge in [0.1, 0.15) is 5.57 Å². The van der Waals surface area contributed by atoms with E-state index in [-0.39, 0.29) is 11.6 Å². The lowest BCUT2D eigenvalue weighted by atomic mass is 10.1. The van der Waals surface area contributed by atoms with Gasteiger partial charge in [-0.3, -0.25) is 19.8 Å². The number of nitrogens with one attached hydrogen (secondary N) is 1. The molecule has 0 bridgehead atoms. The molecule has 1 saturated heterocycles. The Hall–Kier alpha value is -1.95. The molecule has 20 heavy (non-hydrogen) atoms. The second kappa shape index (κ2) is 5.20. The van der Waals surface area contributed by atoms with Crippen molar-refractivity contribution >= 4 is 35.3 Å². The first-order valence-electron chi connectivity index (χ1n) is 6.61. The van der Waals surface area contributed by atoms with Crippen molar-refractivity contribution in [2.45, 2.75) is 31.7 Å². The SMILES string of the molecule is O=C1NC(=O)N(C2CCCC2)C(=O)/C1=C/c1cccs1. The number of imide groups is 2. The molecule has 0 unspecified atom stereocenters. The number of amides is 4. The Bertz CT molecular complexity index is 586. The van der Waals surface area contributed by atoms with Crippen LogP contribution in [0.3, 0.4) is 0 Å². The minimum Gasteiger partial charge on any atom is -0.273 e. The fraction of sp³-hybridized carbons (Fsp3) is 0.357. The first kappa shape index (κ1) is 13.1. The van der Waals surface area contributed by atoms with Gasteiger partial charge in [0.15, 0.2) is 0 Å². The summed E-state index contributed by atoms with van der Waals surface area (Å²) in [5.41, 5.74) is 0.0407. The summed E-state index contributed by atoms with van der Waals surface area (Å²) in [5.74, 6) is -1.08. The van der Waals surface area contributed by atoms with E-state index < -0.39 is 17.8 Å². The normalized spacial score (nSPS) is 22.7. The Morgan fingerprint density at radius 3 is 2.65 bits per heavy atom. The molecule has 104 valence electrons. The fourth-order valence-electron chi connectivity index (χ4n) is 2.68. The van der Waals surface area contributed by atoms with Gasteiger partial charge in [-0.2, -0.15) is 0 Å². The van der Waals surface area contributed by atoms with E-state index >= 15 is 0 Å². The molecule has 0 spiro atoms. The lowest BCUT2D eigenvalue weighted by Crippen LogP contribution is -2.57. The molecule has 1 aromatic heterocycles. The molecule has 0 atom stereocenters. The number of rotatable bonds is 2. The van der Waals surface area contributed by atoms with E-state index in [1.165, 1.54) is 16.2 Å². The highest BCUT2D eigenvalue weighted by Crippen LogP contribution is 2.27. The van der Waals surface area contributed by atoms with Gasteiger partial charge in [-0.05, 0) is 30.4 Å². The van der Waals surface area contributed by atoms with Gasteiger partial charge in [0.2, 0.25) is 0 Å². The number of urea groups is 1. The van der Waals surface area contributed by atoms with Crippen molar-refractivity contribution in [3.63, 3.8) is 0 Å². The number of barbiturate groups is 1. The summed E-state index contributed by atoms with van der Waals surface area (Å²) in [5, 5.41) is 4.14. The molecule has 2 aliphatic rings. The van der Waals surface area contributed by atoms with Gasteiger partial charge < -0.3 is 0 Å². The minimum atomic E-state index is -0.609. The molecular weight excluding hydrogens is 276 g/mol. The molecule has 1 aliphatic heterocycles. The van der Waals surface area contributed by atoms with Crippen LogP contribution in [-0.4, -0.2) is 28.8 Å². The fourth-order valence-corrected chi connectivity index (χ4v) is 3.34. The highest BCUT2D eigenvalue weighted by molar-refractivity contribution is 7.10. The molecule has 3 rings (SSSR count). The van der Waals surface area contributed by atoms with Crippen molar-refractivity contribution < 1.29 is 14.4 Å². The van der Waals surface area contributed by atoms with Gasteiger partial charge in [-0.25, -0.2) is 4.79 Å². The lowest BCUT2D eigenvalue weighted by Gasteiger charge is -2.31. The standard InChI is InChI=1S/C14H14N2O3S/c17-12-11(8-10-6-3-7-20-10)13(18)16(14(19)15-12)9-4-1-2-5-9/h3,6-9H,1-2,4-5H2,(H,15,17,19)/b11-8+. The molecule has 1 saturated carbocycles. The van der Waals surface area contributed by atoms with Crippen molar-refractivity contribution in [1.82, 2.24) is 10.2 Å². The van der Waals surface area contributed by atoms with Crippen LogP contribution >= 0.6 is 11.3 Å². The number of carbonyl (C=O) groups excluding carboxylic acids is 3. The smallest absolute Gasteiger partial charge is 0.273 e. The summed E-state index contributed by atoms with van der Waals surface area (Å²) in [6.45, 7) is 0. The van der Waals surface area contributed by atoms with Gasteiger partial charge in [-0.1, -0.05) is 18.9 Å². The zero-order valence-electron chi connectivity index (χ0n) is 10.8. The number of nitrogens with zero attached hydrogens (tertiary/aromatic N) is 1. The highest BCUT2D eigenvalue weighted by Gasteiger charge is 2.40. The van der Waals surface area contributed by atoms with E-state index in [1.807, 2.05) is 17.5 Å². The Labute approximate surface area is 120 Å². The third-order valence-electron chi connectivity index (χ3n) is 3.65. The summed E-state index contributed by atoms with van der Waals surface area (Å²) < 4.78 is 0. The van der Waals surface area contributed by atoms with Crippen LogP contribution in [0.15, 0.2) is 23.1 Å². The van der Waals surface area contributed by atoms with Crippen LogP contribution in [0.5, 0.6) is 0 Å². The molecule has 5 nitrogen and oxygen atoms in total. The molecule has 1 N–H and O–H groups in total. The average Bonchev–Trinajstić information content (AvgIpc) is 3.07. The van der Waals surface area contributed by atoms with Crippen molar-refractivity contribution in [3.05, 3.63) is 28.0 Å². The topological polar surface area (TPSA) is 66.5 Å². The summed E-state index contributed by atoms with van der Waals surface area (Å²) in [6.07, 6.45) is 5.22. The van der Waals surface area contributed by atoms with Crippen LogP contribution in [-0.2, 0) is 9.59 Å². The van der Waals surface area contributed by atoms with Gasteiger partial charge in [0.05, 0.1) is 0 Å². The average molecular weight is 290 g/mol. The Kier molecular flexibility index (Phi) is 3.40. The molecule has 6 heteroatoms. The third kappa shape index (κ3) is 2.27. The highest BCUT2D eigenvalue weighted by atomic mass is 32.1. The van der Waals surface area contributed by atoms with Gasteiger partial charge in [0.25, 0.3) is 11.8 Å². The molecule has 0 radical (unpaired) electrons. The zero-order valence-corrected chi connectivity index (χ0v) is 11.6. The minimum absolute atomic E-state index is 0.0407. The van der Waals surface area contributed by atoms with Crippen molar-refractivity contribution in [1.29, 1.82) is 0 Å². The predicted octanol–water partition coefficient (Wildman–Crippen LogP) is 2.15. The molecule has 2 fully saturated rings. The molecular formula is C14H14N2O3S.